The van der Waals surface area contributed by atoms with Crippen molar-refractivity contribution in [2.24, 2.45) is 0 Å². The second-order valence-corrected chi connectivity index (χ2v) is 8.14. The number of nitrogens with one attached hydrogen (secondary N) is 2. The molecule has 2 N–H and O–H groups in total. The van der Waals surface area contributed by atoms with Crippen molar-refractivity contribution in [1.29, 1.82) is 0 Å². The van der Waals surface area contributed by atoms with E-state index in [-0.39, 0.29) is 33.7 Å². The summed E-state index contributed by atoms with van der Waals surface area (Å²) in [7, 11) is 0. The van der Waals surface area contributed by atoms with Crippen LogP contribution in [0.1, 0.15) is 26.5 Å². The van der Waals surface area contributed by atoms with Crippen molar-refractivity contribution in [2.75, 3.05) is 5.32 Å². The van der Waals surface area contributed by atoms with Gasteiger partial charge in [0.1, 0.15) is 33.9 Å². The van der Waals surface area contributed by atoms with Gasteiger partial charge in [-0.3, -0.25) is 9.78 Å². The van der Waals surface area contributed by atoms with E-state index >= 15 is 0 Å². The molecule has 2 aromatic rings. The Kier molecular flexibility index (Phi) is 5.86. The number of alkyl carbamates (subject to hydrolysis) is 1. The fraction of sp³-hybridized carbons (Fsp3) is 0.316. The minimum atomic E-state index is -0.892. The molecule has 0 saturated carbocycles. The summed E-state index contributed by atoms with van der Waals surface area (Å²) in [5.41, 5.74) is -0.0490. The summed E-state index contributed by atoms with van der Waals surface area (Å²) in [5, 5.41) is 5.40. The lowest BCUT2D eigenvalue weighted by atomic mass is 10.0. The van der Waals surface area contributed by atoms with Crippen LogP contribution in [0.15, 0.2) is 24.4 Å². The van der Waals surface area contributed by atoms with Crippen LogP contribution in [-0.2, 0) is 16.0 Å². The molecule has 154 valence electrons. The third-order valence-electron chi connectivity index (χ3n) is 3.82. The molecule has 1 aliphatic rings. The first-order valence-corrected chi connectivity index (χ1v) is 9.40. The second-order valence-electron chi connectivity index (χ2n) is 7.33. The number of carbonyl (C=O) groups excluding carboxylic acids is 2. The number of fused-ring (bicyclic) bond motifs is 1. The first-order valence-electron chi connectivity index (χ1n) is 8.64. The van der Waals surface area contributed by atoms with Crippen molar-refractivity contribution in [2.45, 2.75) is 38.8 Å². The Hall–Kier alpha value is -2.58. The number of carbonyl (C=O) groups is 2. The van der Waals surface area contributed by atoms with Crippen LogP contribution in [0.2, 0.25) is 10.0 Å². The summed E-state index contributed by atoms with van der Waals surface area (Å²) in [4.78, 5) is 28.7. The van der Waals surface area contributed by atoms with E-state index in [2.05, 4.69) is 15.6 Å². The molecule has 0 aliphatic carbocycles. The van der Waals surface area contributed by atoms with E-state index in [1.807, 2.05) is 0 Å². The van der Waals surface area contributed by atoms with E-state index in [9.17, 15) is 14.0 Å². The number of amides is 2. The van der Waals surface area contributed by atoms with Crippen molar-refractivity contribution in [3.63, 3.8) is 0 Å². The molecule has 0 bridgehead atoms. The van der Waals surface area contributed by atoms with Crippen molar-refractivity contribution in [1.82, 2.24) is 10.3 Å². The van der Waals surface area contributed by atoms with Crippen LogP contribution in [0, 0.1) is 5.82 Å². The number of pyridine rings is 1. The van der Waals surface area contributed by atoms with Gasteiger partial charge < -0.3 is 20.1 Å². The molecular weight excluding hydrogens is 424 g/mol. The summed E-state index contributed by atoms with van der Waals surface area (Å²) in [5.74, 6) is -0.935. The Morgan fingerprint density at radius 2 is 2.03 bits per heavy atom. The number of hydrogen-bond acceptors (Lipinski definition) is 5. The molecule has 1 aromatic carbocycles. The van der Waals surface area contributed by atoms with Gasteiger partial charge in [-0.2, -0.15) is 0 Å². The fourth-order valence-electron chi connectivity index (χ4n) is 2.62. The van der Waals surface area contributed by atoms with E-state index in [4.69, 9.17) is 32.7 Å². The van der Waals surface area contributed by atoms with Gasteiger partial charge in [-0.15, -0.1) is 0 Å². The molecular formula is C19H18Cl2FN3O4. The minimum Gasteiger partial charge on any atom is -0.452 e. The molecule has 29 heavy (non-hydrogen) atoms. The van der Waals surface area contributed by atoms with E-state index in [0.717, 1.165) is 6.07 Å². The molecule has 0 spiro atoms. The second kappa shape index (κ2) is 8.04. The van der Waals surface area contributed by atoms with E-state index in [1.165, 1.54) is 18.3 Å². The molecule has 0 saturated heterocycles. The van der Waals surface area contributed by atoms with Crippen LogP contribution in [-0.4, -0.2) is 28.6 Å². The summed E-state index contributed by atoms with van der Waals surface area (Å²) >= 11 is 12.2. The van der Waals surface area contributed by atoms with Crippen LogP contribution in [0.4, 0.5) is 14.9 Å². The minimum absolute atomic E-state index is 0.0326. The monoisotopic (exact) mass is 441 g/mol. The molecule has 7 nitrogen and oxygen atoms in total. The van der Waals surface area contributed by atoms with Crippen LogP contribution in [0.3, 0.4) is 0 Å². The Morgan fingerprint density at radius 1 is 1.31 bits per heavy atom. The third-order valence-corrected chi connectivity index (χ3v) is 4.41. The molecule has 0 unspecified atom stereocenters. The maximum atomic E-state index is 13.5. The van der Waals surface area contributed by atoms with Crippen LogP contribution in [0.5, 0.6) is 11.5 Å². The van der Waals surface area contributed by atoms with Gasteiger partial charge in [0.25, 0.3) is 0 Å². The third kappa shape index (κ3) is 5.07. The van der Waals surface area contributed by atoms with Gasteiger partial charge in [-0.05, 0) is 32.9 Å². The summed E-state index contributed by atoms with van der Waals surface area (Å²) in [6.07, 6.45) is 0.702. The summed E-state index contributed by atoms with van der Waals surface area (Å²) in [6, 6.07) is 2.74. The molecule has 1 atom stereocenters. The molecule has 10 heteroatoms. The molecule has 1 aliphatic heterocycles. The standard InChI is InChI=1S/C19H18Cl2FN3O4/c1-19(2,3)29-18(27)24-13-7-12-15(25-17(13)26)16(11(21)8-23-12)28-14-6-9(22)4-5-10(14)20/h4-6,8,13H,7H2,1-3H3,(H,24,27)(H,25,26)/t13-/m1/s1. The average Bonchev–Trinajstić information content (AvgIpc) is 2.60. The Bertz CT molecular complexity index is 979. The molecule has 2 heterocycles. The molecule has 2 amide bonds. The Balaban J connectivity index is 1.86. The van der Waals surface area contributed by atoms with Gasteiger partial charge in [0.2, 0.25) is 5.91 Å². The maximum Gasteiger partial charge on any atom is 0.408 e. The van der Waals surface area contributed by atoms with Crippen LogP contribution < -0.4 is 15.4 Å². The van der Waals surface area contributed by atoms with E-state index in [1.54, 1.807) is 20.8 Å². The summed E-state index contributed by atoms with van der Waals surface area (Å²) < 4.78 is 24.4. The maximum absolute atomic E-state index is 13.5. The quantitative estimate of drug-likeness (QED) is 0.719. The highest BCUT2D eigenvalue weighted by Gasteiger charge is 2.33. The first-order chi connectivity index (χ1) is 13.5. The molecule has 0 fully saturated rings. The highest BCUT2D eigenvalue weighted by Crippen LogP contribution is 2.41. The zero-order valence-corrected chi connectivity index (χ0v) is 17.3. The largest absolute Gasteiger partial charge is 0.452 e. The fourth-order valence-corrected chi connectivity index (χ4v) is 2.96. The zero-order chi connectivity index (χ0) is 21.3. The van der Waals surface area contributed by atoms with Gasteiger partial charge >= 0.3 is 6.09 Å². The lowest BCUT2D eigenvalue weighted by Gasteiger charge is -2.27. The van der Waals surface area contributed by atoms with Crippen molar-refractivity contribution in [3.05, 3.63) is 46.0 Å². The SMILES string of the molecule is CC(C)(C)OC(=O)N[C@@H]1Cc2ncc(Cl)c(Oc3cc(F)ccc3Cl)c2NC1=O. The molecule has 3 rings (SSSR count). The molecule has 0 radical (unpaired) electrons. The van der Waals surface area contributed by atoms with Gasteiger partial charge in [0.15, 0.2) is 5.75 Å². The highest BCUT2D eigenvalue weighted by molar-refractivity contribution is 6.33. The first kappa shape index (κ1) is 21.1. The van der Waals surface area contributed by atoms with Crippen molar-refractivity contribution < 1.29 is 23.5 Å². The number of anilines is 1. The van der Waals surface area contributed by atoms with Crippen LogP contribution in [0.25, 0.3) is 0 Å². The summed E-state index contributed by atoms with van der Waals surface area (Å²) in [6.45, 7) is 5.15. The van der Waals surface area contributed by atoms with Gasteiger partial charge in [-0.1, -0.05) is 23.2 Å². The number of benzene rings is 1. The van der Waals surface area contributed by atoms with Crippen molar-refractivity contribution in [3.8, 4) is 11.5 Å². The molecule has 1 aromatic heterocycles. The zero-order valence-electron chi connectivity index (χ0n) is 15.8. The lowest BCUT2D eigenvalue weighted by molar-refractivity contribution is -0.118. The van der Waals surface area contributed by atoms with Gasteiger partial charge in [0.05, 0.1) is 10.7 Å². The van der Waals surface area contributed by atoms with Crippen LogP contribution >= 0.6 is 23.2 Å². The number of rotatable bonds is 3. The number of nitrogens with zero attached hydrogens (tertiary/aromatic N) is 1. The number of halogens is 3. The number of aromatic nitrogens is 1. The normalized spacial score (nSPS) is 15.9. The predicted octanol–water partition coefficient (Wildman–Crippen LogP) is 4.71. The number of ether oxygens (including phenoxy) is 2. The topological polar surface area (TPSA) is 89.6 Å². The highest BCUT2D eigenvalue weighted by atomic mass is 35.5. The van der Waals surface area contributed by atoms with E-state index < -0.39 is 29.5 Å². The lowest BCUT2D eigenvalue weighted by Crippen LogP contribution is -2.49. The van der Waals surface area contributed by atoms with E-state index in [0.29, 0.717) is 5.69 Å². The van der Waals surface area contributed by atoms with Crippen molar-refractivity contribution >= 4 is 40.9 Å². The Morgan fingerprint density at radius 3 is 2.72 bits per heavy atom. The average molecular weight is 442 g/mol. The smallest absolute Gasteiger partial charge is 0.408 e. The predicted molar refractivity (Wildman–Crippen MR) is 106 cm³/mol. The van der Waals surface area contributed by atoms with Gasteiger partial charge in [-0.25, -0.2) is 9.18 Å². The number of hydrogen-bond donors (Lipinski definition) is 2. The Labute approximate surface area is 176 Å². The van der Waals surface area contributed by atoms with Gasteiger partial charge in [0, 0.05) is 18.7 Å².